The highest BCUT2D eigenvalue weighted by Crippen LogP contribution is 2.12. The maximum absolute atomic E-state index is 12.0. The number of aromatic nitrogens is 1. The van der Waals surface area contributed by atoms with E-state index in [0.29, 0.717) is 5.56 Å². The van der Waals surface area contributed by atoms with Gasteiger partial charge in [-0.05, 0) is 26.0 Å². The topological polar surface area (TPSA) is 101 Å². The summed E-state index contributed by atoms with van der Waals surface area (Å²) in [7, 11) is -3.91. The van der Waals surface area contributed by atoms with Gasteiger partial charge in [0.25, 0.3) is 10.0 Å². The van der Waals surface area contributed by atoms with Gasteiger partial charge in [-0.15, -0.1) is 0 Å². The lowest BCUT2D eigenvalue weighted by atomic mass is 10.2. The predicted octanol–water partition coefficient (Wildman–Crippen LogP) is 1.80. The predicted molar refractivity (Wildman–Crippen MR) is 71.8 cm³/mol. The van der Waals surface area contributed by atoms with Gasteiger partial charge in [-0.3, -0.25) is 5.32 Å². The molecule has 2 N–H and O–H groups in total. The Bertz CT molecular complexity index is 719. The van der Waals surface area contributed by atoms with Crippen molar-refractivity contribution in [1.82, 2.24) is 9.88 Å². The fraction of sp³-hybridized carbons (Fsp3) is 0.167. The first-order valence-electron chi connectivity index (χ1n) is 5.70. The normalized spacial score (nSPS) is 11.1. The Morgan fingerprint density at radius 1 is 1.20 bits per heavy atom. The van der Waals surface area contributed by atoms with Crippen molar-refractivity contribution in [2.75, 3.05) is 5.32 Å². The molecule has 8 heteroatoms. The highest BCUT2D eigenvalue weighted by atomic mass is 32.2. The van der Waals surface area contributed by atoms with Gasteiger partial charge in [-0.25, -0.2) is 17.9 Å². The first kappa shape index (κ1) is 14.1. The number of sulfonamides is 1. The molecule has 0 fully saturated rings. The molecule has 0 saturated carbocycles. The molecule has 7 nitrogen and oxygen atoms in total. The summed E-state index contributed by atoms with van der Waals surface area (Å²) >= 11 is 0. The van der Waals surface area contributed by atoms with Crippen LogP contribution in [0.15, 0.2) is 39.9 Å². The average Bonchev–Trinajstić information content (AvgIpc) is 2.74. The monoisotopic (exact) mass is 295 g/mol. The Labute approximate surface area is 116 Å². The molecule has 2 rings (SSSR count). The SMILES string of the molecule is Cc1ccc(S(=O)(=O)NC(=O)Nc2nocc2C)cc1. The molecule has 1 aromatic carbocycles. The smallest absolute Gasteiger partial charge is 0.334 e. The number of amides is 2. The molecule has 0 aliphatic rings. The molecule has 0 spiro atoms. The minimum absolute atomic E-state index is 0.00937. The van der Waals surface area contributed by atoms with Crippen molar-refractivity contribution >= 4 is 21.9 Å². The van der Waals surface area contributed by atoms with Gasteiger partial charge in [0, 0.05) is 5.56 Å². The molecule has 2 amide bonds. The van der Waals surface area contributed by atoms with Crippen LogP contribution in [-0.4, -0.2) is 19.6 Å². The third-order valence-electron chi connectivity index (χ3n) is 2.54. The van der Waals surface area contributed by atoms with Crippen LogP contribution in [0.3, 0.4) is 0 Å². The van der Waals surface area contributed by atoms with Crippen LogP contribution in [0.5, 0.6) is 0 Å². The average molecular weight is 295 g/mol. The largest absolute Gasteiger partial charge is 0.362 e. The van der Waals surface area contributed by atoms with Gasteiger partial charge in [0.2, 0.25) is 0 Å². The molecule has 1 heterocycles. The fourth-order valence-electron chi connectivity index (χ4n) is 1.44. The molecule has 0 aliphatic heterocycles. The standard InChI is InChI=1S/C12H13N3O4S/c1-8-3-5-10(6-4-8)20(17,18)15-12(16)13-11-9(2)7-19-14-11/h3-7H,1-2H3,(H2,13,14,15,16). The van der Waals surface area contributed by atoms with Crippen LogP contribution in [0.4, 0.5) is 10.6 Å². The summed E-state index contributed by atoms with van der Waals surface area (Å²) in [5, 5.41) is 5.82. The van der Waals surface area contributed by atoms with Crippen LogP contribution >= 0.6 is 0 Å². The lowest BCUT2D eigenvalue weighted by Crippen LogP contribution is -2.34. The summed E-state index contributed by atoms with van der Waals surface area (Å²) in [6, 6.07) is 5.24. The van der Waals surface area contributed by atoms with Crippen molar-refractivity contribution in [2.24, 2.45) is 0 Å². The number of benzene rings is 1. The number of carbonyl (C=O) groups is 1. The Kier molecular flexibility index (Phi) is 3.75. The fourth-order valence-corrected chi connectivity index (χ4v) is 2.35. The van der Waals surface area contributed by atoms with Crippen molar-refractivity contribution in [3.8, 4) is 0 Å². The van der Waals surface area contributed by atoms with Gasteiger partial charge in [0.05, 0.1) is 4.90 Å². The molecular formula is C12H13N3O4S. The van der Waals surface area contributed by atoms with E-state index in [9.17, 15) is 13.2 Å². The van der Waals surface area contributed by atoms with E-state index >= 15 is 0 Å². The Morgan fingerprint density at radius 2 is 1.85 bits per heavy atom. The van der Waals surface area contributed by atoms with Gasteiger partial charge < -0.3 is 4.52 Å². The lowest BCUT2D eigenvalue weighted by Gasteiger charge is -2.07. The quantitative estimate of drug-likeness (QED) is 0.899. The number of hydrogen-bond acceptors (Lipinski definition) is 5. The van der Waals surface area contributed by atoms with E-state index in [1.165, 1.54) is 18.4 Å². The van der Waals surface area contributed by atoms with Gasteiger partial charge in [-0.1, -0.05) is 22.9 Å². The van der Waals surface area contributed by atoms with Gasteiger partial charge >= 0.3 is 6.03 Å². The maximum Gasteiger partial charge on any atom is 0.334 e. The van der Waals surface area contributed by atoms with Crippen LogP contribution in [0.2, 0.25) is 0 Å². The van der Waals surface area contributed by atoms with E-state index in [-0.39, 0.29) is 10.7 Å². The molecule has 0 bridgehead atoms. The van der Waals surface area contributed by atoms with E-state index < -0.39 is 16.1 Å². The number of aryl methyl sites for hydroxylation is 2. The Morgan fingerprint density at radius 3 is 2.40 bits per heavy atom. The number of nitrogens with one attached hydrogen (secondary N) is 2. The van der Waals surface area contributed by atoms with Crippen molar-refractivity contribution in [1.29, 1.82) is 0 Å². The highest BCUT2D eigenvalue weighted by molar-refractivity contribution is 7.90. The van der Waals surface area contributed by atoms with Gasteiger partial charge in [-0.2, -0.15) is 0 Å². The van der Waals surface area contributed by atoms with E-state index in [2.05, 4.69) is 15.0 Å². The molecule has 1 aromatic heterocycles. The van der Waals surface area contributed by atoms with Crippen molar-refractivity contribution in [3.63, 3.8) is 0 Å². The van der Waals surface area contributed by atoms with Crippen molar-refractivity contribution in [2.45, 2.75) is 18.7 Å². The molecule has 0 unspecified atom stereocenters. The van der Waals surface area contributed by atoms with Crippen LogP contribution < -0.4 is 10.0 Å². The molecule has 20 heavy (non-hydrogen) atoms. The third kappa shape index (κ3) is 3.15. The van der Waals surface area contributed by atoms with Crippen LogP contribution in [0.1, 0.15) is 11.1 Å². The summed E-state index contributed by atoms with van der Waals surface area (Å²) in [6.45, 7) is 3.50. The Balaban J connectivity index is 2.10. The number of carbonyl (C=O) groups excluding carboxylic acids is 1. The molecule has 106 valence electrons. The van der Waals surface area contributed by atoms with Crippen LogP contribution in [0.25, 0.3) is 0 Å². The van der Waals surface area contributed by atoms with Gasteiger partial charge in [0.15, 0.2) is 5.82 Å². The van der Waals surface area contributed by atoms with E-state index in [1.54, 1.807) is 19.1 Å². The third-order valence-corrected chi connectivity index (χ3v) is 3.88. The molecule has 0 saturated heterocycles. The first-order chi connectivity index (χ1) is 9.38. The second-order valence-electron chi connectivity index (χ2n) is 4.22. The summed E-state index contributed by atoms with van der Waals surface area (Å²) in [4.78, 5) is 11.6. The van der Waals surface area contributed by atoms with Crippen molar-refractivity contribution in [3.05, 3.63) is 41.7 Å². The van der Waals surface area contributed by atoms with E-state index in [0.717, 1.165) is 5.56 Å². The number of urea groups is 1. The number of nitrogens with zero attached hydrogens (tertiary/aromatic N) is 1. The van der Waals surface area contributed by atoms with Crippen LogP contribution in [0, 0.1) is 13.8 Å². The van der Waals surface area contributed by atoms with E-state index in [4.69, 9.17) is 0 Å². The summed E-state index contributed by atoms with van der Waals surface area (Å²) in [5.41, 5.74) is 1.51. The first-order valence-corrected chi connectivity index (χ1v) is 7.18. The second kappa shape index (κ2) is 5.33. The molecule has 0 radical (unpaired) electrons. The molecular weight excluding hydrogens is 282 g/mol. The summed E-state index contributed by atoms with van der Waals surface area (Å²) in [5.74, 6) is 0.168. The lowest BCUT2D eigenvalue weighted by molar-refractivity contribution is 0.256. The molecule has 2 aromatic rings. The van der Waals surface area contributed by atoms with Crippen LogP contribution in [-0.2, 0) is 10.0 Å². The zero-order valence-corrected chi connectivity index (χ0v) is 11.7. The highest BCUT2D eigenvalue weighted by Gasteiger charge is 2.18. The minimum Gasteiger partial charge on any atom is -0.362 e. The minimum atomic E-state index is -3.91. The molecule has 0 atom stereocenters. The van der Waals surface area contributed by atoms with Gasteiger partial charge in [0.1, 0.15) is 6.26 Å². The van der Waals surface area contributed by atoms with Crippen molar-refractivity contribution < 1.29 is 17.7 Å². The number of rotatable bonds is 3. The Hall–Kier alpha value is -2.35. The summed E-state index contributed by atoms with van der Waals surface area (Å²) < 4.78 is 30.4. The zero-order valence-electron chi connectivity index (χ0n) is 10.9. The number of hydrogen-bond donors (Lipinski definition) is 2. The summed E-state index contributed by atoms with van der Waals surface area (Å²) in [6.07, 6.45) is 1.34. The number of anilines is 1. The molecule has 0 aliphatic carbocycles. The maximum atomic E-state index is 12.0. The van der Waals surface area contributed by atoms with E-state index in [1.807, 2.05) is 11.6 Å². The second-order valence-corrected chi connectivity index (χ2v) is 5.90. The zero-order chi connectivity index (χ0) is 14.8.